The first-order chi connectivity index (χ1) is 36.4. The van der Waals surface area contributed by atoms with Gasteiger partial charge >= 0.3 is 31.6 Å². The van der Waals surface area contributed by atoms with E-state index in [0.29, 0.717) is 69.7 Å². The summed E-state index contributed by atoms with van der Waals surface area (Å²) >= 11 is 1.42. The van der Waals surface area contributed by atoms with Gasteiger partial charge in [-0.1, -0.05) is 50.3 Å². The predicted molar refractivity (Wildman–Crippen MR) is 285 cm³/mol. The summed E-state index contributed by atoms with van der Waals surface area (Å²) in [5, 5.41) is 32.6. The highest BCUT2D eigenvalue weighted by molar-refractivity contribution is 7.99. The van der Waals surface area contributed by atoms with Crippen molar-refractivity contribution in [3.63, 3.8) is 0 Å². The number of hydrogen-bond donors (Lipinski definition) is 4. The fourth-order valence-electron chi connectivity index (χ4n) is 15.7. The molecule has 5 fully saturated rings. The van der Waals surface area contributed by atoms with E-state index in [0.717, 1.165) is 29.8 Å². The molecule has 8 aliphatic rings. The van der Waals surface area contributed by atoms with Gasteiger partial charge in [-0.2, -0.15) is 0 Å². The minimum Gasteiger partial charge on any atom is -0.469 e. The number of carbonyl (C=O) groups is 4. The normalized spacial score (nSPS) is 37.0. The van der Waals surface area contributed by atoms with Gasteiger partial charge in [0.1, 0.15) is 6.61 Å². The third-order valence-corrected chi connectivity index (χ3v) is 21.4. The zero-order valence-corrected chi connectivity index (χ0v) is 47.2. The molecule has 14 atom stereocenters. The Morgan fingerprint density at radius 3 is 2.38 bits per heavy atom. The standard InChI is InChI=1S/C55H80N5O14PS/c1-9-51(65)30-36-31-54(48(62)69-7,44-38(18-23-58(32-36)33-51)37-16-13-14-17-41(37)57-44)40-28-39-42(29-43(40)68-6)60(34-76-27-25-71-50(64)56-21-26-75(67,72-11-3)73-12-4)46-53(39)20-24-59-22-15-19-52(10-2,45(53)59)47(74-35(5)61)55(46,66)49(63)70-8/h13-17,19,28-29,36,38,40,43-47,57,65-66H,9-12,18,20-27,30-34H2,1-8H3,(H,56,64)/t36-,38?,40?,43?,44?,45-,46+,47+,51-,52+,53+,54-,55-/m0/s1. The van der Waals surface area contributed by atoms with Crippen molar-refractivity contribution >= 4 is 49.0 Å². The number of rotatable bonds is 19. The summed E-state index contributed by atoms with van der Waals surface area (Å²) in [5.41, 5.74) is -3.16. The summed E-state index contributed by atoms with van der Waals surface area (Å²) in [5.74, 6) is -2.40. The number of aliphatic hydroxyl groups is 2. The lowest BCUT2D eigenvalue weighted by atomic mass is 9.47. The number of benzene rings is 1. The van der Waals surface area contributed by atoms with Crippen molar-refractivity contribution in [3.05, 3.63) is 65.4 Å². The van der Waals surface area contributed by atoms with Crippen LogP contribution in [-0.4, -0.2) is 189 Å². The molecule has 21 heteroatoms. The molecule has 1 spiro atoms. The largest absolute Gasteiger partial charge is 0.469 e. The molecule has 0 radical (unpaired) electrons. The van der Waals surface area contributed by atoms with Crippen molar-refractivity contribution in [2.45, 2.75) is 121 Å². The lowest BCUT2D eigenvalue weighted by Gasteiger charge is -2.63. The van der Waals surface area contributed by atoms with E-state index in [1.54, 1.807) is 21.0 Å². The number of carbonyl (C=O) groups excluding carboxylic acids is 4. The lowest BCUT2D eigenvalue weighted by Crippen LogP contribution is -2.80. The topological polar surface area (TPSA) is 224 Å². The highest BCUT2D eigenvalue weighted by Gasteiger charge is 2.82. The number of hydrogen-bond acceptors (Lipinski definition) is 19. The van der Waals surface area contributed by atoms with Crippen molar-refractivity contribution < 1.29 is 66.7 Å². The molecule has 0 aromatic heterocycles. The minimum atomic E-state index is -3.39. The number of allylic oxidation sites excluding steroid dienone is 1. The quantitative estimate of drug-likeness (QED) is 0.0430. The van der Waals surface area contributed by atoms with Crippen LogP contribution < -0.4 is 10.6 Å². The number of piperidine rings is 1. The van der Waals surface area contributed by atoms with Crippen LogP contribution in [0.3, 0.4) is 0 Å². The number of anilines is 1. The molecule has 2 aliphatic carbocycles. The molecule has 1 saturated carbocycles. The maximum Gasteiger partial charge on any atom is 0.407 e. The Morgan fingerprint density at radius 2 is 1.70 bits per heavy atom. The first-order valence-corrected chi connectivity index (χ1v) is 30.2. The van der Waals surface area contributed by atoms with Crippen LogP contribution in [0.25, 0.3) is 0 Å². The van der Waals surface area contributed by atoms with Crippen LogP contribution in [-0.2, 0) is 51.7 Å². The number of para-hydroxylation sites is 1. The van der Waals surface area contributed by atoms with Crippen molar-refractivity contribution in [1.82, 2.24) is 20.0 Å². The van der Waals surface area contributed by atoms with E-state index in [1.807, 2.05) is 43.0 Å². The Kier molecular flexibility index (Phi) is 16.6. The molecule has 1 amide bonds. The number of likely N-dealkylation sites (tertiary alicyclic amines) is 1. The first kappa shape index (κ1) is 56.7. The molecular formula is C55H80N5O14PS. The maximum atomic E-state index is 15.7. The summed E-state index contributed by atoms with van der Waals surface area (Å²) in [4.78, 5) is 63.8. The van der Waals surface area contributed by atoms with Crippen LogP contribution in [0.1, 0.15) is 84.6 Å². The van der Waals surface area contributed by atoms with Crippen LogP contribution in [0, 0.1) is 28.1 Å². The number of ether oxygens (including phenoxy) is 5. The average Bonchev–Trinajstić information content (AvgIpc) is 4.28. The van der Waals surface area contributed by atoms with Crippen LogP contribution >= 0.6 is 19.4 Å². The van der Waals surface area contributed by atoms with Gasteiger partial charge in [-0.25, -0.2) is 9.59 Å². The predicted octanol–water partition coefficient (Wildman–Crippen LogP) is 5.68. The summed E-state index contributed by atoms with van der Waals surface area (Å²) in [6.07, 6.45) is 8.55. The van der Waals surface area contributed by atoms with Gasteiger partial charge in [0.25, 0.3) is 0 Å². The van der Waals surface area contributed by atoms with Crippen LogP contribution in [0.4, 0.5) is 10.5 Å². The number of thioether (sulfide) groups is 1. The number of methoxy groups -OCH3 is 3. The molecule has 5 unspecified atom stereocenters. The van der Waals surface area contributed by atoms with Gasteiger partial charge in [-0.3, -0.25) is 19.1 Å². The van der Waals surface area contributed by atoms with E-state index < -0.39 is 89.3 Å². The SMILES string of the molecule is CCOP(=O)(CCNC(=O)OCCSCN1C2=CC(OC)C([C@@]3(C(=O)OC)C[C@H]4CN(CCC5c6ccccc6NC53)C[C@](O)(CC)C4)C=C2[C@@]23CCN4CC=C[C@@](CC)([C@@H](OC(C)=O)[C@](O)(C(=O)OC)[C@H]12)[C@H]43)OCC. The number of alkyl carbamates (subject to hydrolysis) is 1. The smallest absolute Gasteiger partial charge is 0.407 e. The van der Waals surface area contributed by atoms with Crippen molar-refractivity contribution in [1.29, 1.82) is 0 Å². The third-order valence-electron chi connectivity index (χ3n) is 18.4. The Labute approximate surface area is 451 Å². The van der Waals surface area contributed by atoms with Gasteiger partial charge in [-0.15, -0.1) is 11.8 Å². The fraction of sp³-hybridized carbons (Fsp3) is 0.709. The number of esters is 3. The van der Waals surface area contributed by atoms with Crippen molar-refractivity contribution in [2.75, 3.05) is 104 Å². The van der Waals surface area contributed by atoms with Gasteiger partial charge < -0.3 is 63.4 Å². The second kappa shape index (κ2) is 22.3. The summed E-state index contributed by atoms with van der Waals surface area (Å²) in [6, 6.07) is 6.32. The first-order valence-electron chi connectivity index (χ1n) is 27.3. The third kappa shape index (κ3) is 9.34. The molecular weight excluding hydrogens is 1020 g/mol. The van der Waals surface area contributed by atoms with Gasteiger partial charge in [-0.05, 0) is 94.7 Å². The van der Waals surface area contributed by atoms with E-state index in [4.69, 9.17) is 32.7 Å². The Morgan fingerprint density at radius 1 is 0.947 bits per heavy atom. The zero-order chi connectivity index (χ0) is 54.4. The lowest BCUT2D eigenvalue weighted by molar-refractivity contribution is -0.243. The minimum absolute atomic E-state index is 0.00960. The van der Waals surface area contributed by atoms with Crippen molar-refractivity contribution in [3.8, 4) is 0 Å². The molecule has 76 heavy (non-hydrogen) atoms. The molecule has 1 aromatic rings. The molecule has 1 aromatic carbocycles. The molecule has 4 saturated heterocycles. The Bertz CT molecular complexity index is 2510. The molecule has 420 valence electrons. The molecule has 9 rings (SSSR count). The van der Waals surface area contributed by atoms with Crippen LogP contribution in [0.15, 0.2) is 59.8 Å². The van der Waals surface area contributed by atoms with Gasteiger partial charge in [0.15, 0.2) is 6.10 Å². The second-order valence-corrected chi connectivity index (χ2v) is 25.3. The number of nitrogens with zero attached hydrogens (tertiary/aromatic N) is 3. The van der Waals surface area contributed by atoms with Crippen molar-refractivity contribution in [2.24, 2.45) is 28.1 Å². The molecule has 2 bridgehead atoms. The van der Waals surface area contributed by atoms with E-state index in [2.05, 4.69) is 44.7 Å². The van der Waals surface area contributed by atoms with Crippen LogP contribution in [0.2, 0.25) is 0 Å². The van der Waals surface area contributed by atoms with Crippen LogP contribution in [0.5, 0.6) is 0 Å². The van der Waals surface area contributed by atoms with E-state index >= 15 is 4.79 Å². The highest BCUT2D eigenvalue weighted by Crippen LogP contribution is 2.71. The Hall–Kier alpha value is -3.98. The number of amides is 1. The summed E-state index contributed by atoms with van der Waals surface area (Å²) < 4.78 is 54.0. The molecule has 6 aliphatic heterocycles. The highest BCUT2D eigenvalue weighted by atomic mass is 32.2. The fourth-order valence-corrected chi connectivity index (χ4v) is 18.1. The van der Waals surface area contributed by atoms with E-state index in [1.165, 1.54) is 32.9 Å². The Balaban J connectivity index is 1.17. The van der Waals surface area contributed by atoms with Gasteiger partial charge in [0.2, 0.25) is 5.60 Å². The van der Waals surface area contributed by atoms with E-state index in [-0.39, 0.29) is 56.2 Å². The monoisotopic (exact) mass is 1100 g/mol. The zero-order valence-electron chi connectivity index (χ0n) is 45.5. The summed E-state index contributed by atoms with van der Waals surface area (Å²) in [7, 11) is 0.938. The van der Waals surface area contributed by atoms with Gasteiger partial charge in [0, 0.05) is 92.1 Å². The molecule has 6 heterocycles. The number of nitrogens with one attached hydrogen (secondary N) is 2. The summed E-state index contributed by atoms with van der Waals surface area (Å²) in [6.45, 7) is 12.3. The van der Waals surface area contributed by atoms with E-state index in [9.17, 15) is 29.2 Å². The maximum absolute atomic E-state index is 15.7. The molecule has 19 nitrogen and oxygen atoms in total. The average molecular weight is 1100 g/mol. The van der Waals surface area contributed by atoms with Gasteiger partial charge in [0.05, 0.1) is 62.6 Å². The molecule has 4 N–H and O–H groups in total. The number of fused-ring (bicyclic) bond motifs is 6. The second-order valence-electron chi connectivity index (χ2n) is 22.1.